The quantitative estimate of drug-likeness (QED) is 0.0783. The highest BCUT2D eigenvalue weighted by atomic mass is 16.6. The van der Waals surface area contributed by atoms with Gasteiger partial charge in [-0.15, -0.1) is 0 Å². The molecule has 71 heavy (non-hydrogen) atoms. The van der Waals surface area contributed by atoms with Crippen molar-refractivity contribution in [3.05, 3.63) is 47.6 Å². The zero-order valence-electron chi connectivity index (χ0n) is 43.3. The SMILES string of the molecule is C.CO[C@@H]1C[C@H](C[C@@H](C)[C@@H]2CC(=O)[C@H](C)/C=C(\C)[C@@H](O)[C@@H](OC)C(=O)[C@H](C)C[C@H](C)/C=C/C=C/C=C(\C)C(OCCOCCO)C[C@@H]3CC[C@@H](C)[C@@](O)(O3)C(=O)C(=O)N3CCCC[C@H]3C(=O)O2)CC[C@H]1O. The van der Waals surface area contributed by atoms with Crippen molar-refractivity contribution in [3.63, 3.8) is 0 Å². The minimum Gasteiger partial charge on any atom is -0.460 e. The summed E-state index contributed by atoms with van der Waals surface area (Å²) in [6.45, 7) is 13.1. The number of fused-ring (bicyclic) bond motifs is 3. The molecule has 2 saturated heterocycles. The van der Waals surface area contributed by atoms with Gasteiger partial charge in [-0.2, -0.15) is 0 Å². The summed E-state index contributed by atoms with van der Waals surface area (Å²) >= 11 is 0. The zero-order chi connectivity index (χ0) is 51.7. The first-order valence-electron chi connectivity index (χ1n) is 25.7. The van der Waals surface area contributed by atoms with E-state index in [9.17, 15) is 44.4 Å². The number of allylic oxidation sites excluding steroid dienone is 6. The van der Waals surface area contributed by atoms with Crippen molar-refractivity contribution >= 4 is 29.2 Å². The van der Waals surface area contributed by atoms with Crippen molar-refractivity contribution in [2.75, 3.05) is 47.2 Å². The van der Waals surface area contributed by atoms with E-state index in [1.165, 1.54) is 12.0 Å². The summed E-state index contributed by atoms with van der Waals surface area (Å²) in [4.78, 5) is 72.3. The molecule has 0 aromatic rings. The number of rotatable bonds is 11. The molecule has 3 heterocycles. The molecular weight excluding hydrogens is 915 g/mol. The largest absolute Gasteiger partial charge is 0.460 e. The maximum atomic E-state index is 14.5. The maximum Gasteiger partial charge on any atom is 0.329 e. The molecule has 3 fully saturated rings. The molecule has 0 aromatic carbocycles. The van der Waals surface area contributed by atoms with Crippen molar-refractivity contribution in [2.24, 2.45) is 35.5 Å². The first-order valence-corrected chi connectivity index (χ1v) is 25.7. The molecule has 16 heteroatoms. The maximum absolute atomic E-state index is 14.5. The lowest BCUT2D eigenvalue weighted by Crippen LogP contribution is -2.61. The van der Waals surface area contributed by atoms with E-state index in [-0.39, 0.29) is 95.1 Å². The van der Waals surface area contributed by atoms with Crippen molar-refractivity contribution in [3.8, 4) is 0 Å². The molecule has 3 aliphatic heterocycles. The Morgan fingerprint density at radius 2 is 1.59 bits per heavy atom. The highest BCUT2D eigenvalue weighted by molar-refractivity contribution is 6.39. The van der Waals surface area contributed by atoms with Crippen LogP contribution in [0.2, 0.25) is 0 Å². The number of hydrogen-bond acceptors (Lipinski definition) is 15. The Balaban J connectivity index is 0.0000133. The Morgan fingerprint density at radius 3 is 2.28 bits per heavy atom. The van der Waals surface area contributed by atoms with Gasteiger partial charge in [-0.05, 0) is 107 Å². The summed E-state index contributed by atoms with van der Waals surface area (Å²) in [7, 11) is 2.93. The van der Waals surface area contributed by atoms with Crippen LogP contribution in [0.3, 0.4) is 0 Å². The Hall–Kier alpha value is -3.45. The van der Waals surface area contributed by atoms with Crippen LogP contribution < -0.4 is 0 Å². The number of esters is 1. The van der Waals surface area contributed by atoms with Crippen LogP contribution in [0.5, 0.6) is 0 Å². The summed E-state index contributed by atoms with van der Waals surface area (Å²) in [5, 5.41) is 43.3. The highest BCUT2D eigenvalue weighted by Gasteiger charge is 2.53. The van der Waals surface area contributed by atoms with Crippen molar-refractivity contribution in [1.82, 2.24) is 4.90 Å². The second-order valence-corrected chi connectivity index (χ2v) is 20.6. The lowest BCUT2D eigenvalue weighted by atomic mass is 9.78. The van der Waals surface area contributed by atoms with Gasteiger partial charge in [-0.3, -0.25) is 19.2 Å². The predicted molar refractivity (Wildman–Crippen MR) is 269 cm³/mol. The standard InChI is InChI=1S/C54H85NO15.CH4/c1-33-15-11-10-12-16-34(2)45(68-26-25-67-24-23-56)31-41-20-18-39(7)54(64,70-41)51(61)52(62)55-22-14-13-17-42(55)53(63)69-46(36(4)29-40-19-21-43(57)47(30-40)65-8)32-44(58)35(3)28-38(6)49(60)50(66-9)48(59)37(5)27-33;/h10-12,15-16,28,33,35-37,39-43,45-47,49-50,56-57,60,64H,13-14,17-27,29-32H2,1-9H3;1H4/b12-10+,15-11+,34-16+,38-28+;/t33-,35-,36-,37-,39-,40+,41+,42+,43-,45?,46+,47-,49-,50+,54-;/m1./s1. The Kier molecular flexibility index (Phi) is 26.2. The molecule has 2 bridgehead atoms. The molecule has 1 unspecified atom stereocenters. The fraction of sp³-hybridized carbons (Fsp3) is 0.764. The molecule has 0 radical (unpaired) electrons. The van der Waals surface area contributed by atoms with Gasteiger partial charge in [0, 0.05) is 51.4 Å². The van der Waals surface area contributed by atoms with Crippen LogP contribution in [-0.2, 0) is 52.4 Å². The highest BCUT2D eigenvalue weighted by Crippen LogP contribution is 2.38. The van der Waals surface area contributed by atoms with E-state index in [2.05, 4.69) is 0 Å². The Labute approximate surface area is 423 Å². The average Bonchev–Trinajstić information content (AvgIpc) is 3.33. The van der Waals surface area contributed by atoms with Crippen LogP contribution in [-0.4, -0.2) is 156 Å². The number of nitrogens with zero attached hydrogens (tertiary/aromatic N) is 1. The number of hydrogen-bond donors (Lipinski definition) is 4. The minimum absolute atomic E-state index is 0. The number of aliphatic hydroxyl groups is 4. The molecule has 1 aliphatic carbocycles. The van der Waals surface area contributed by atoms with Crippen LogP contribution >= 0.6 is 0 Å². The molecular formula is C55H89NO15. The van der Waals surface area contributed by atoms with Crippen LogP contribution in [0.4, 0.5) is 0 Å². The Morgan fingerprint density at radius 1 is 0.859 bits per heavy atom. The lowest BCUT2D eigenvalue weighted by Gasteiger charge is -2.43. The van der Waals surface area contributed by atoms with Gasteiger partial charge in [-0.25, -0.2) is 4.79 Å². The van der Waals surface area contributed by atoms with Gasteiger partial charge in [0.05, 0.1) is 50.8 Å². The van der Waals surface area contributed by atoms with Crippen molar-refractivity contribution in [1.29, 1.82) is 0 Å². The zero-order valence-corrected chi connectivity index (χ0v) is 43.3. The molecule has 15 atom stereocenters. The second-order valence-electron chi connectivity index (χ2n) is 20.6. The monoisotopic (exact) mass is 1000 g/mol. The fourth-order valence-corrected chi connectivity index (χ4v) is 10.4. The number of cyclic esters (lactones) is 1. The van der Waals surface area contributed by atoms with Gasteiger partial charge in [0.25, 0.3) is 11.7 Å². The smallest absolute Gasteiger partial charge is 0.329 e. The van der Waals surface area contributed by atoms with E-state index in [1.54, 1.807) is 40.9 Å². The molecule has 4 N–H and O–H groups in total. The summed E-state index contributed by atoms with van der Waals surface area (Å²) < 4.78 is 35.3. The van der Waals surface area contributed by atoms with Gasteiger partial charge in [0.2, 0.25) is 5.79 Å². The van der Waals surface area contributed by atoms with E-state index in [4.69, 9.17) is 28.4 Å². The van der Waals surface area contributed by atoms with Gasteiger partial charge in [0.15, 0.2) is 5.78 Å². The number of ether oxygens (including phenoxy) is 6. The normalized spacial score (nSPS) is 37.8. The van der Waals surface area contributed by atoms with Gasteiger partial charge in [0.1, 0.15) is 30.1 Å². The number of Topliss-reactive ketones (excluding diaryl/α,β-unsaturated/α-hetero) is 3. The topological polar surface area (TPSA) is 225 Å². The van der Waals surface area contributed by atoms with E-state index in [0.29, 0.717) is 63.4 Å². The van der Waals surface area contributed by atoms with Crippen molar-refractivity contribution in [2.45, 2.75) is 187 Å². The summed E-state index contributed by atoms with van der Waals surface area (Å²) in [6, 6.07) is -1.17. The summed E-state index contributed by atoms with van der Waals surface area (Å²) in [5.74, 6) is -8.28. The average molecular weight is 1000 g/mol. The van der Waals surface area contributed by atoms with Gasteiger partial charge < -0.3 is 53.7 Å². The first-order chi connectivity index (χ1) is 33.2. The summed E-state index contributed by atoms with van der Waals surface area (Å²) in [5.41, 5.74) is 1.19. The lowest BCUT2D eigenvalue weighted by molar-refractivity contribution is -0.266. The van der Waals surface area contributed by atoms with Gasteiger partial charge in [-0.1, -0.05) is 78.5 Å². The molecule has 4 aliphatic rings. The number of amides is 1. The molecule has 4 rings (SSSR count). The molecule has 0 aromatic heterocycles. The Bertz CT molecular complexity index is 1850. The van der Waals surface area contributed by atoms with Gasteiger partial charge >= 0.3 is 5.97 Å². The van der Waals surface area contributed by atoms with Crippen molar-refractivity contribution < 1.29 is 72.8 Å². The second kappa shape index (κ2) is 30.0. The third kappa shape index (κ3) is 17.6. The summed E-state index contributed by atoms with van der Waals surface area (Å²) in [6.07, 6.45) is 10.5. The third-order valence-corrected chi connectivity index (χ3v) is 15.0. The fourth-order valence-electron chi connectivity index (χ4n) is 10.4. The third-order valence-electron chi connectivity index (χ3n) is 15.0. The number of methoxy groups -OCH3 is 2. The van der Waals surface area contributed by atoms with Crippen LogP contribution in [0.1, 0.15) is 133 Å². The molecule has 1 saturated carbocycles. The number of aliphatic hydroxyl groups excluding tert-OH is 3. The van der Waals surface area contributed by atoms with E-state index in [1.807, 2.05) is 51.2 Å². The van der Waals surface area contributed by atoms with Crippen LogP contribution in [0.25, 0.3) is 0 Å². The number of carbonyl (C=O) groups excluding carboxylic acids is 5. The minimum atomic E-state index is -2.49. The van der Waals surface area contributed by atoms with E-state index in [0.717, 1.165) is 5.57 Å². The van der Waals surface area contributed by atoms with E-state index < -0.39 is 83.9 Å². The predicted octanol–water partition coefficient (Wildman–Crippen LogP) is 6.20. The number of ketones is 3. The first kappa shape index (κ1) is 61.8. The molecule has 0 spiro atoms. The molecule has 1 amide bonds. The van der Waals surface area contributed by atoms with E-state index >= 15 is 0 Å². The van der Waals surface area contributed by atoms with Crippen LogP contribution in [0.15, 0.2) is 47.6 Å². The number of carbonyl (C=O) groups is 5. The number of piperidine rings is 1. The molecule has 404 valence electrons. The molecule has 16 nitrogen and oxygen atoms in total. The van der Waals surface area contributed by atoms with Crippen LogP contribution in [0, 0.1) is 35.5 Å².